The molecule has 0 saturated heterocycles. The number of hydrogen-bond acceptors (Lipinski definition) is 5. The summed E-state index contributed by atoms with van der Waals surface area (Å²) in [7, 11) is 3.23. The molecule has 0 aliphatic carbocycles. The van der Waals surface area contributed by atoms with E-state index in [1.54, 1.807) is 38.5 Å². The van der Waals surface area contributed by atoms with E-state index in [2.05, 4.69) is 20.9 Å². The zero-order valence-corrected chi connectivity index (χ0v) is 22.1. The minimum Gasteiger partial charge on any atom is -0.497 e. The second-order valence-electron chi connectivity index (χ2n) is 7.06. The number of guanidine groups is 1. The van der Waals surface area contributed by atoms with Gasteiger partial charge in [0.1, 0.15) is 18.1 Å². The van der Waals surface area contributed by atoms with Crippen molar-refractivity contribution in [3.05, 3.63) is 59.2 Å². The summed E-state index contributed by atoms with van der Waals surface area (Å²) in [6.45, 7) is 7.24. The molecular formula is C24H35IN4O4. The number of carbonyl (C=O) groups excluding carboxylic acids is 1. The highest BCUT2D eigenvalue weighted by molar-refractivity contribution is 14.0. The van der Waals surface area contributed by atoms with Gasteiger partial charge in [-0.1, -0.05) is 18.2 Å². The molecule has 3 N–H and O–H groups in total. The molecule has 0 aromatic heterocycles. The van der Waals surface area contributed by atoms with Gasteiger partial charge in [0, 0.05) is 37.9 Å². The zero-order chi connectivity index (χ0) is 23.2. The van der Waals surface area contributed by atoms with E-state index in [9.17, 15) is 4.79 Å². The van der Waals surface area contributed by atoms with E-state index in [0.717, 1.165) is 23.4 Å². The van der Waals surface area contributed by atoms with Gasteiger partial charge < -0.3 is 30.2 Å². The van der Waals surface area contributed by atoms with Gasteiger partial charge in [0.15, 0.2) is 5.96 Å². The van der Waals surface area contributed by atoms with E-state index in [0.29, 0.717) is 50.1 Å². The molecule has 0 spiro atoms. The first kappa shape index (κ1) is 28.5. The van der Waals surface area contributed by atoms with Crippen LogP contribution >= 0.6 is 24.0 Å². The van der Waals surface area contributed by atoms with Crippen molar-refractivity contribution in [3.8, 4) is 11.5 Å². The molecule has 0 fully saturated rings. The molecule has 0 heterocycles. The average molecular weight is 570 g/mol. The van der Waals surface area contributed by atoms with Crippen LogP contribution in [0, 0.1) is 6.92 Å². The van der Waals surface area contributed by atoms with Gasteiger partial charge in [-0.2, -0.15) is 0 Å². The quantitative estimate of drug-likeness (QED) is 0.157. The molecular weight excluding hydrogens is 535 g/mol. The Bertz CT molecular complexity index is 893. The van der Waals surface area contributed by atoms with Crippen molar-refractivity contribution in [1.29, 1.82) is 0 Å². The number of benzene rings is 2. The van der Waals surface area contributed by atoms with Crippen LogP contribution in [0.5, 0.6) is 11.5 Å². The first-order valence-corrected chi connectivity index (χ1v) is 10.7. The number of hydrogen-bond donors (Lipinski definition) is 3. The zero-order valence-electron chi connectivity index (χ0n) is 19.8. The lowest BCUT2D eigenvalue weighted by molar-refractivity contribution is 0.0954. The third kappa shape index (κ3) is 10.3. The van der Waals surface area contributed by atoms with Crippen LogP contribution in [-0.4, -0.2) is 58.9 Å². The molecule has 0 atom stereocenters. The molecule has 8 nitrogen and oxygen atoms in total. The first-order valence-electron chi connectivity index (χ1n) is 10.7. The Morgan fingerprint density at radius 1 is 1.00 bits per heavy atom. The van der Waals surface area contributed by atoms with Crippen LogP contribution in [0.1, 0.15) is 28.4 Å². The fourth-order valence-electron chi connectivity index (χ4n) is 2.89. The van der Waals surface area contributed by atoms with Crippen LogP contribution in [-0.2, 0) is 11.3 Å². The number of ether oxygens (including phenoxy) is 3. The van der Waals surface area contributed by atoms with Gasteiger partial charge in [-0.25, -0.2) is 4.99 Å². The standard InChI is InChI=1S/C24H34N4O4.HI/c1-5-25-24(27-12-11-26-23(29)19-7-6-8-21(16-19)31-4)28-17-20-10-9-18(2)15-22(20)32-14-13-30-3;/h6-10,15-16H,5,11-14,17H2,1-4H3,(H,26,29)(H2,25,27,28);1H. The summed E-state index contributed by atoms with van der Waals surface area (Å²) in [6, 6.07) is 13.1. The van der Waals surface area contributed by atoms with Gasteiger partial charge in [0.05, 0.1) is 20.3 Å². The predicted octanol–water partition coefficient (Wildman–Crippen LogP) is 3.13. The van der Waals surface area contributed by atoms with Gasteiger partial charge in [0.25, 0.3) is 5.91 Å². The Morgan fingerprint density at radius 2 is 1.79 bits per heavy atom. The molecule has 2 aromatic rings. The van der Waals surface area contributed by atoms with Crippen LogP contribution in [0.2, 0.25) is 0 Å². The Kier molecular flexibility index (Phi) is 13.9. The van der Waals surface area contributed by atoms with Crippen molar-refractivity contribution in [2.45, 2.75) is 20.4 Å². The van der Waals surface area contributed by atoms with Gasteiger partial charge in [-0.15, -0.1) is 24.0 Å². The summed E-state index contributed by atoms with van der Waals surface area (Å²) in [5, 5.41) is 9.36. The summed E-state index contributed by atoms with van der Waals surface area (Å²) >= 11 is 0. The third-order valence-corrected chi connectivity index (χ3v) is 4.55. The van der Waals surface area contributed by atoms with E-state index < -0.39 is 0 Å². The van der Waals surface area contributed by atoms with Crippen molar-refractivity contribution in [2.24, 2.45) is 4.99 Å². The van der Waals surface area contributed by atoms with Crippen LogP contribution in [0.15, 0.2) is 47.5 Å². The SMILES string of the molecule is CCNC(=NCc1ccc(C)cc1OCCOC)NCCNC(=O)c1cccc(OC)c1.I. The maximum absolute atomic E-state index is 12.3. The molecule has 33 heavy (non-hydrogen) atoms. The van der Waals surface area contributed by atoms with Crippen LogP contribution < -0.4 is 25.4 Å². The highest BCUT2D eigenvalue weighted by atomic mass is 127. The predicted molar refractivity (Wildman–Crippen MR) is 142 cm³/mol. The van der Waals surface area contributed by atoms with E-state index in [1.807, 2.05) is 32.0 Å². The minimum absolute atomic E-state index is 0. The molecule has 0 aliphatic rings. The number of aryl methyl sites for hydroxylation is 1. The number of halogens is 1. The molecule has 2 rings (SSSR count). The number of nitrogens with zero attached hydrogens (tertiary/aromatic N) is 1. The van der Waals surface area contributed by atoms with Crippen molar-refractivity contribution >= 4 is 35.8 Å². The molecule has 0 aliphatic heterocycles. The Labute approximate surface area is 213 Å². The van der Waals surface area contributed by atoms with Crippen LogP contribution in [0.4, 0.5) is 0 Å². The van der Waals surface area contributed by atoms with E-state index in [-0.39, 0.29) is 29.9 Å². The topological polar surface area (TPSA) is 93.2 Å². The smallest absolute Gasteiger partial charge is 0.251 e. The normalized spacial score (nSPS) is 10.7. The summed E-state index contributed by atoms with van der Waals surface area (Å²) in [5.41, 5.74) is 2.68. The number of amides is 1. The third-order valence-electron chi connectivity index (χ3n) is 4.55. The molecule has 9 heteroatoms. The van der Waals surface area contributed by atoms with Gasteiger partial charge in [-0.05, 0) is 43.7 Å². The van der Waals surface area contributed by atoms with E-state index >= 15 is 0 Å². The van der Waals surface area contributed by atoms with Gasteiger partial charge >= 0.3 is 0 Å². The number of methoxy groups -OCH3 is 2. The second kappa shape index (κ2) is 16.1. The molecule has 0 saturated carbocycles. The number of carbonyl (C=O) groups is 1. The molecule has 182 valence electrons. The maximum atomic E-state index is 12.3. The van der Waals surface area contributed by atoms with Gasteiger partial charge in [0.2, 0.25) is 0 Å². The van der Waals surface area contributed by atoms with E-state index in [1.165, 1.54) is 0 Å². The first-order chi connectivity index (χ1) is 15.6. The Balaban J connectivity index is 0.00000544. The maximum Gasteiger partial charge on any atom is 0.251 e. The molecule has 1 amide bonds. The fraction of sp³-hybridized carbons (Fsp3) is 0.417. The number of aliphatic imine (C=N–C) groups is 1. The Morgan fingerprint density at radius 3 is 2.52 bits per heavy atom. The molecule has 0 radical (unpaired) electrons. The molecule has 2 aromatic carbocycles. The Hall–Kier alpha value is -2.53. The summed E-state index contributed by atoms with van der Waals surface area (Å²) in [6.07, 6.45) is 0. The summed E-state index contributed by atoms with van der Waals surface area (Å²) in [4.78, 5) is 17.0. The molecule has 0 bridgehead atoms. The lowest BCUT2D eigenvalue weighted by atomic mass is 10.1. The second-order valence-corrected chi connectivity index (χ2v) is 7.06. The highest BCUT2D eigenvalue weighted by Crippen LogP contribution is 2.21. The summed E-state index contributed by atoms with van der Waals surface area (Å²) < 4.78 is 16.1. The monoisotopic (exact) mass is 570 g/mol. The van der Waals surface area contributed by atoms with Crippen molar-refractivity contribution < 1.29 is 19.0 Å². The highest BCUT2D eigenvalue weighted by Gasteiger charge is 2.07. The largest absolute Gasteiger partial charge is 0.497 e. The van der Waals surface area contributed by atoms with Gasteiger partial charge in [-0.3, -0.25) is 4.79 Å². The lowest BCUT2D eigenvalue weighted by Gasteiger charge is -2.14. The minimum atomic E-state index is -0.148. The van der Waals surface area contributed by atoms with Crippen molar-refractivity contribution in [1.82, 2.24) is 16.0 Å². The van der Waals surface area contributed by atoms with Crippen LogP contribution in [0.25, 0.3) is 0 Å². The summed E-state index contributed by atoms with van der Waals surface area (Å²) in [5.74, 6) is 1.99. The van der Waals surface area contributed by atoms with Crippen LogP contribution in [0.3, 0.4) is 0 Å². The lowest BCUT2D eigenvalue weighted by Crippen LogP contribution is -2.41. The van der Waals surface area contributed by atoms with Crippen molar-refractivity contribution in [3.63, 3.8) is 0 Å². The fourth-order valence-corrected chi connectivity index (χ4v) is 2.89. The average Bonchev–Trinajstić information content (AvgIpc) is 2.81. The van der Waals surface area contributed by atoms with Crippen molar-refractivity contribution in [2.75, 3.05) is 47.1 Å². The number of rotatable bonds is 12. The number of nitrogens with one attached hydrogen (secondary N) is 3. The van der Waals surface area contributed by atoms with E-state index in [4.69, 9.17) is 14.2 Å². The molecule has 0 unspecified atom stereocenters.